The Kier molecular flexibility index (Phi) is 26.9. The summed E-state index contributed by atoms with van der Waals surface area (Å²) in [5.74, 6) is -0.901. The van der Waals surface area contributed by atoms with Gasteiger partial charge in [-0.2, -0.15) is 0 Å². The number of rotatable bonds is 29. The van der Waals surface area contributed by atoms with E-state index in [1.54, 1.807) is 0 Å². The summed E-state index contributed by atoms with van der Waals surface area (Å²) in [6.07, 6.45) is 28.9. The number of esters is 2. The van der Waals surface area contributed by atoms with Crippen molar-refractivity contribution in [1.82, 2.24) is 0 Å². The van der Waals surface area contributed by atoms with Crippen molar-refractivity contribution in [1.29, 1.82) is 0 Å². The van der Waals surface area contributed by atoms with Crippen LogP contribution in [0.5, 0.6) is 0 Å². The second kappa shape index (κ2) is 28.2. The fourth-order valence-corrected chi connectivity index (χ4v) is 4.66. The van der Waals surface area contributed by atoms with Crippen molar-refractivity contribution in [3.05, 3.63) is 48.6 Å². The van der Waals surface area contributed by atoms with Crippen LogP contribution in [0.3, 0.4) is 0 Å². The highest BCUT2D eigenvalue weighted by Gasteiger charge is 2.21. The molecule has 0 aliphatic heterocycles. The quantitative estimate of drug-likeness (QED) is 0.0264. The van der Waals surface area contributed by atoms with Crippen molar-refractivity contribution in [2.75, 3.05) is 47.5 Å². The van der Waals surface area contributed by atoms with Gasteiger partial charge in [-0.1, -0.05) is 94.6 Å². The smallest absolute Gasteiger partial charge is 0.306 e. The molecule has 0 aromatic heterocycles. The Morgan fingerprint density at radius 3 is 1.89 bits per heavy atom. The number of hydrogen-bond donors (Lipinski definition) is 0. The first-order valence-electron chi connectivity index (χ1n) is 16.8. The molecule has 0 rings (SSSR count). The van der Waals surface area contributed by atoms with Crippen LogP contribution < -0.4 is 4.89 Å². The van der Waals surface area contributed by atoms with Gasteiger partial charge in [0.1, 0.15) is 19.8 Å². The number of allylic oxidation sites excluding steroid dienone is 8. The third-order valence-electron chi connectivity index (χ3n) is 6.61. The summed E-state index contributed by atoms with van der Waals surface area (Å²) < 4.78 is 33.4. The number of phosphoric acid groups is 1. The van der Waals surface area contributed by atoms with Gasteiger partial charge < -0.3 is 27.9 Å². The summed E-state index contributed by atoms with van der Waals surface area (Å²) in [4.78, 5) is 37.0. The molecule has 0 amide bonds. The highest BCUT2D eigenvalue weighted by molar-refractivity contribution is 7.45. The number of likely N-dealkylation sites (N-methyl/N-ethyl adjacent to an activating group) is 1. The third-order valence-corrected chi connectivity index (χ3v) is 7.58. The minimum absolute atomic E-state index is 0.0404. The average molecular weight is 656 g/mol. The molecule has 0 aromatic rings. The number of unbranched alkanes of at least 4 members (excludes halogenated alkanes) is 7. The van der Waals surface area contributed by atoms with Crippen LogP contribution in [0.4, 0.5) is 0 Å². The molecule has 45 heavy (non-hydrogen) atoms. The van der Waals surface area contributed by atoms with Crippen LogP contribution in [0.15, 0.2) is 48.6 Å². The van der Waals surface area contributed by atoms with E-state index in [9.17, 15) is 19.0 Å². The zero-order valence-electron chi connectivity index (χ0n) is 28.8. The Balaban J connectivity index is 4.55. The molecule has 0 saturated carbocycles. The number of hydrogen-bond acceptors (Lipinski definition) is 8. The molecule has 0 heterocycles. The summed E-state index contributed by atoms with van der Waals surface area (Å²) in [6.45, 7) is 3.94. The van der Waals surface area contributed by atoms with Crippen LogP contribution in [-0.2, 0) is 32.7 Å². The second-order valence-corrected chi connectivity index (χ2v) is 13.6. The van der Waals surface area contributed by atoms with Crippen LogP contribution >= 0.6 is 7.82 Å². The Labute approximate surface area is 273 Å². The van der Waals surface area contributed by atoms with Crippen molar-refractivity contribution in [2.45, 2.75) is 116 Å². The molecule has 0 aliphatic carbocycles. The third kappa shape index (κ3) is 31.7. The van der Waals surface area contributed by atoms with Gasteiger partial charge in [0.15, 0.2) is 6.10 Å². The zero-order valence-corrected chi connectivity index (χ0v) is 29.7. The van der Waals surface area contributed by atoms with E-state index in [2.05, 4.69) is 62.5 Å². The standard InChI is InChI=1S/C35H62NO8P/c1-6-8-10-12-14-15-16-17-18-19-20-21-22-24-26-28-35(38)44-33(31-41-34(37)27-25-23-13-11-9-7-2)32-43-45(39,40)42-30-29-36(3,4)5/h8,10,14-15,17-18,20-21,33H,6-7,9,11-13,16,19,22-32H2,1-5H3/b10-8-,15-14-,18-17-,21-20-. The van der Waals surface area contributed by atoms with Gasteiger partial charge in [-0.05, 0) is 51.4 Å². The van der Waals surface area contributed by atoms with E-state index in [1.165, 1.54) is 6.42 Å². The van der Waals surface area contributed by atoms with E-state index in [0.29, 0.717) is 17.4 Å². The number of nitrogens with zero attached hydrogens (tertiary/aromatic N) is 1. The maximum absolute atomic E-state index is 12.5. The minimum atomic E-state index is -4.62. The molecule has 0 fully saturated rings. The van der Waals surface area contributed by atoms with Crippen LogP contribution in [0.25, 0.3) is 0 Å². The van der Waals surface area contributed by atoms with Crippen LogP contribution in [0.2, 0.25) is 0 Å². The lowest BCUT2D eigenvalue weighted by atomic mass is 10.1. The lowest BCUT2D eigenvalue weighted by Gasteiger charge is -2.28. The molecule has 0 saturated heterocycles. The Morgan fingerprint density at radius 1 is 0.711 bits per heavy atom. The number of ether oxygens (including phenoxy) is 2. The Morgan fingerprint density at radius 2 is 1.27 bits per heavy atom. The van der Waals surface area contributed by atoms with Crippen LogP contribution in [0.1, 0.15) is 110 Å². The molecule has 2 atom stereocenters. The number of phosphoric ester groups is 1. The fraction of sp³-hybridized carbons (Fsp3) is 0.714. The highest BCUT2D eigenvalue weighted by Crippen LogP contribution is 2.38. The van der Waals surface area contributed by atoms with Crippen molar-refractivity contribution < 1.29 is 42.1 Å². The van der Waals surface area contributed by atoms with Gasteiger partial charge in [0, 0.05) is 12.8 Å². The molecule has 0 aromatic carbocycles. The molecule has 10 heteroatoms. The monoisotopic (exact) mass is 655 g/mol. The van der Waals surface area contributed by atoms with E-state index in [-0.39, 0.29) is 26.1 Å². The molecule has 2 unspecified atom stereocenters. The predicted octanol–water partition coefficient (Wildman–Crippen LogP) is 7.77. The van der Waals surface area contributed by atoms with E-state index in [1.807, 2.05) is 21.1 Å². The first kappa shape index (κ1) is 43.0. The number of carbonyl (C=O) groups excluding carboxylic acids is 2. The van der Waals surface area contributed by atoms with Gasteiger partial charge in [0.2, 0.25) is 0 Å². The first-order valence-corrected chi connectivity index (χ1v) is 18.3. The maximum Gasteiger partial charge on any atom is 0.306 e. The molecule has 0 spiro atoms. The van der Waals surface area contributed by atoms with Gasteiger partial charge in [-0.15, -0.1) is 0 Å². The molecular weight excluding hydrogens is 593 g/mol. The topological polar surface area (TPSA) is 111 Å². The number of carbonyl (C=O) groups is 2. The normalized spacial score (nSPS) is 14.5. The maximum atomic E-state index is 12.5. The minimum Gasteiger partial charge on any atom is -0.756 e. The molecule has 0 aliphatic rings. The fourth-order valence-electron chi connectivity index (χ4n) is 3.94. The Bertz CT molecular complexity index is 923. The lowest BCUT2D eigenvalue weighted by molar-refractivity contribution is -0.870. The van der Waals surface area contributed by atoms with E-state index >= 15 is 0 Å². The first-order chi connectivity index (χ1) is 21.5. The largest absolute Gasteiger partial charge is 0.756 e. The van der Waals surface area contributed by atoms with Gasteiger partial charge in [0.25, 0.3) is 7.82 Å². The SMILES string of the molecule is CC/C=C\C/C=C\C/C=C\C/C=C\CCCCC(=O)OC(COC(=O)CCCCCCCC)COP(=O)([O-])OCC[N+](C)(C)C. The van der Waals surface area contributed by atoms with Crippen molar-refractivity contribution in [3.63, 3.8) is 0 Å². The molecule has 9 nitrogen and oxygen atoms in total. The highest BCUT2D eigenvalue weighted by atomic mass is 31.2. The lowest BCUT2D eigenvalue weighted by Crippen LogP contribution is -2.37. The summed E-state index contributed by atoms with van der Waals surface area (Å²) in [5, 5.41) is 0. The summed E-state index contributed by atoms with van der Waals surface area (Å²) in [5.41, 5.74) is 0. The average Bonchev–Trinajstić information content (AvgIpc) is 2.97. The molecular formula is C35H62NO8P. The zero-order chi connectivity index (χ0) is 33.7. The van der Waals surface area contributed by atoms with E-state index in [4.69, 9.17) is 18.5 Å². The number of quaternary nitrogens is 1. The van der Waals surface area contributed by atoms with Gasteiger partial charge >= 0.3 is 11.9 Å². The van der Waals surface area contributed by atoms with Gasteiger partial charge in [-0.25, -0.2) is 0 Å². The van der Waals surface area contributed by atoms with Gasteiger partial charge in [-0.3, -0.25) is 14.2 Å². The second-order valence-electron chi connectivity index (χ2n) is 12.1. The Hall–Kier alpha value is -2.03. The molecule has 260 valence electrons. The summed E-state index contributed by atoms with van der Waals surface area (Å²) in [6, 6.07) is 0. The van der Waals surface area contributed by atoms with Crippen molar-refractivity contribution >= 4 is 19.8 Å². The molecule has 0 radical (unpaired) electrons. The van der Waals surface area contributed by atoms with E-state index in [0.717, 1.165) is 70.6 Å². The van der Waals surface area contributed by atoms with Crippen molar-refractivity contribution in [2.24, 2.45) is 0 Å². The van der Waals surface area contributed by atoms with Crippen molar-refractivity contribution in [3.8, 4) is 0 Å². The van der Waals surface area contributed by atoms with Gasteiger partial charge in [0.05, 0.1) is 27.7 Å². The molecule has 0 bridgehead atoms. The summed E-state index contributed by atoms with van der Waals surface area (Å²) >= 11 is 0. The van der Waals surface area contributed by atoms with Crippen LogP contribution in [-0.4, -0.2) is 70.0 Å². The molecule has 0 N–H and O–H groups in total. The van der Waals surface area contributed by atoms with E-state index < -0.39 is 32.5 Å². The van der Waals surface area contributed by atoms with Crippen LogP contribution in [0, 0.1) is 0 Å². The predicted molar refractivity (Wildman–Crippen MR) is 180 cm³/mol. The summed E-state index contributed by atoms with van der Waals surface area (Å²) in [7, 11) is 1.13.